The molecule has 1 aliphatic carbocycles. The van der Waals surface area contributed by atoms with E-state index >= 15 is 0 Å². The maximum absolute atomic E-state index is 5.95. The molecule has 2 aliphatic rings. The van der Waals surface area contributed by atoms with Crippen LogP contribution in [0.5, 0.6) is 0 Å². The van der Waals surface area contributed by atoms with Crippen molar-refractivity contribution in [1.82, 2.24) is 9.80 Å². The summed E-state index contributed by atoms with van der Waals surface area (Å²) in [6, 6.07) is 0. The molecule has 2 N–H and O–H groups in total. The maximum atomic E-state index is 5.95. The first-order chi connectivity index (χ1) is 8.53. The number of piperazine rings is 1. The zero-order valence-electron chi connectivity index (χ0n) is 12.5. The van der Waals surface area contributed by atoms with Crippen molar-refractivity contribution in [2.75, 3.05) is 39.8 Å². The molecule has 2 atom stereocenters. The van der Waals surface area contributed by atoms with Crippen LogP contribution in [0.25, 0.3) is 0 Å². The summed E-state index contributed by atoms with van der Waals surface area (Å²) in [5, 5.41) is 0. The molecule has 106 valence electrons. The number of nitrogens with zero attached hydrogens (tertiary/aromatic N) is 2. The lowest BCUT2D eigenvalue weighted by molar-refractivity contribution is 0.0225. The lowest BCUT2D eigenvalue weighted by Crippen LogP contribution is -2.58. The number of hydrogen-bond acceptors (Lipinski definition) is 3. The number of rotatable bonds is 3. The molecular formula is C15H31N3. The SMILES string of the molecule is CN1CCN(CC2CCCCC2CN)CC1(C)C. The smallest absolute Gasteiger partial charge is 0.0277 e. The molecule has 1 saturated heterocycles. The monoisotopic (exact) mass is 253 g/mol. The average Bonchev–Trinajstić information content (AvgIpc) is 2.34. The second-order valence-corrected chi connectivity index (χ2v) is 7.01. The van der Waals surface area contributed by atoms with Crippen LogP contribution in [-0.4, -0.2) is 55.1 Å². The van der Waals surface area contributed by atoms with Crippen LogP contribution < -0.4 is 5.73 Å². The van der Waals surface area contributed by atoms with E-state index in [0.29, 0.717) is 5.54 Å². The molecule has 0 amide bonds. The quantitative estimate of drug-likeness (QED) is 0.832. The van der Waals surface area contributed by atoms with Crippen LogP contribution in [-0.2, 0) is 0 Å². The summed E-state index contributed by atoms with van der Waals surface area (Å²) in [6.45, 7) is 10.5. The van der Waals surface area contributed by atoms with Gasteiger partial charge in [-0.1, -0.05) is 12.8 Å². The zero-order valence-corrected chi connectivity index (χ0v) is 12.5. The fourth-order valence-electron chi connectivity index (χ4n) is 3.66. The Kier molecular flexibility index (Phi) is 4.68. The average molecular weight is 253 g/mol. The molecular weight excluding hydrogens is 222 g/mol. The van der Waals surface area contributed by atoms with Crippen molar-refractivity contribution in [2.24, 2.45) is 17.6 Å². The van der Waals surface area contributed by atoms with Gasteiger partial charge in [0.25, 0.3) is 0 Å². The van der Waals surface area contributed by atoms with Gasteiger partial charge in [0.15, 0.2) is 0 Å². The minimum Gasteiger partial charge on any atom is -0.330 e. The van der Waals surface area contributed by atoms with Crippen molar-refractivity contribution in [3.8, 4) is 0 Å². The van der Waals surface area contributed by atoms with Crippen molar-refractivity contribution >= 4 is 0 Å². The van der Waals surface area contributed by atoms with E-state index in [1.54, 1.807) is 0 Å². The molecule has 0 bridgehead atoms. The summed E-state index contributed by atoms with van der Waals surface area (Å²) in [7, 11) is 2.25. The Morgan fingerprint density at radius 2 is 1.78 bits per heavy atom. The highest BCUT2D eigenvalue weighted by molar-refractivity contribution is 4.90. The second-order valence-electron chi connectivity index (χ2n) is 7.01. The summed E-state index contributed by atoms with van der Waals surface area (Å²) in [6.07, 6.45) is 5.57. The first-order valence-electron chi connectivity index (χ1n) is 7.66. The van der Waals surface area contributed by atoms with Crippen LogP contribution in [0, 0.1) is 11.8 Å². The van der Waals surface area contributed by atoms with Crippen LogP contribution in [0.2, 0.25) is 0 Å². The standard InChI is InChI=1S/C15H31N3/c1-15(2)12-18(9-8-17(15)3)11-14-7-5-4-6-13(14)10-16/h13-14H,4-12,16H2,1-3H3. The molecule has 2 unspecified atom stereocenters. The number of nitrogens with two attached hydrogens (primary N) is 1. The van der Waals surface area contributed by atoms with E-state index < -0.39 is 0 Å². The van der Waals surface area contributed by atoms with Crippen LogP contribution in [0.3, 0.4) is 0 Å². The molecule has 2 rings (SSSR count). The fraction of sp³-hybridized carbons (Fsp3) is 1.00. The normalized spacial score (nSPS) is 34.7. The van der Waals surface area contributed by atoms with Gasteiger partial charge in [0, 0.05) is 31.7 Å². The molecule has 3 heteroatoms. The van der Waals surface area contributed by atoms with Gasteiger partial charge < -0.3 is 5.73 Å². The Labute approximate surface area is 113 Å². The van der Waals surface area contributed by atoms with Gasteiger partial charge in [-0.15, -0.1) is 0 Å². The van der Waals surface area contributed by atoms with Crippen molar-refractivity contribution in [1.29, 1.82) is 0 Å². The predicted molar refractivity (Wildman–Crippen MR) is 77.7 cm³/mol. The topological polar surface area (TPSA) is 32.5 Å². The van der Waals surface area contributed by atoms with Gasteiger partial charge in [-0.2, -0.15) is 0 Å². The first kappa shape index (κ1) is 14.3. The van der Waals surface area contributed by atoms with Gasteiger partial charge in [0.2, 0.25) is 0 Å². The van der Waals surface area contributed by atoms with Gasteiger partial charge in [-0.25, -0.2) is 0 Å². The molecule has 1 saturated carbocycles. The van der Waals surface area contributed by atoms with E-state index in [-0.39, 0.29) is 0 Å². The van der Waals surface area contributed by atoms with Gasteiger partial charge in [-0.05, 0) is 52.1 Å². The lowest BCUT2D eigenvalue weighted by atomic mass is 9.78. The van der Waals surface area contributed by atoms with Crippen LogP contribution in [0.1, 0.15) is 39.5 Å². The summed E-state index contributed by atoms with van der Waals surface area (Å²) < 4.78 is 0. The second kappa shape index (κ2) is 5.89. The minimum atomic E-state index is 0.325. The van der Waals surface area contributed by atoms with Crippen molar-refractivity contribution in [3.05, 3.63) is 0 Å². The third-order valence-corrected chi connectivity index (χ3v) is 5.26. The van der Waals surface area contributed by atoms with E-state index in [1.165, 1.54) is 51.9 Å². The van der Waals surface area contributed by atoms with Crippen LogP contribution in [0.4, 0.5) is 0 Å². The minimum absolute atomic E-state index is 0.325. The molecule has 0 aromatic rings. The third kappa shape index (κ3) is 3.25. The number of likely N-dealkylation sites (N-methyl/N-ethyl adjacent to an activating group) is 1. The summed E-state index contributed by atoms with van der Waals surface area (Å²) in [4.78, 5) is 5.17. The molecule has 0 spiro atoms. The Bertz CT molecular complexity index is 264. The van der Waals surface area contributed by atoms with E-state index in [4.69, 9.17) is 5.73 Å². The Hall–Kier alpha value is -0.120. The Morgan fingerprint density at radius 1 is 1.11 bits per heavy atom. The van der Waals surface area contributed by atoms with Crippen molar-refractivity contribution < 1.29 is 0 Å². The summed E-state index contributed by atoms with van der Waals surface area (Å²) in [5.41, 5.74) is 6.27. The highest BCUT2D eigenvalue weighted by Gasteiger charge is 2.33. The van der Waals surface area contributed by atoms with Crippen molar-refractivity contribution in [2.45, 2.75) is 45.1 Å². The van der Waals surface area contributed by atoms with Gasteiger partial charge in [0.05, 0.1) is 0 Å². The lowest BCUT2D eigenvalue weighted by Gasteiger charge is -2.47. The molecule has 18 heavy (non-hydrogen) atoms. The van der Waals surface area contributed by atoms with E-state index in [9.17, 15) is 0 Å². The largest absolute Gasteiger partial charge is 0.330 e. The Balaban J connectivity index is 1.89. The number of hydrogen-bond donors (Lipinski definition) is 1. The molecule has 0 radical (unpaired) electrons. The van der Waals surface area contributed by atoms with E-state index in [0.717, 1.165) is 18.4 Å². The van der Waals surface area contributed by atoms with Gasteiger partial charge >= 0.3 is 0 Å². The summed E-state index contributed by atoms with van der Waals surface area (Å²) >= 11 is 0. The van der Waals surface area contributed by atoms with E-state index in [2.05, 4.69) is 30.7 Å². The predicted octanol–water partition coefficient (Wildman–Crippen LogP) is 1.78. The summed E-state index contributed by atoms with van der Waals surface area (Å²) in [5.74, 6) is 1.63. The molecule has 0 aromatic heterocycles. The highest BCUT2D eigenvalue weighted by Crippen LogP contribution is 2.31. The highest BCUT2D eigenvalue weighted by atomic mass is 15.3. The molecule has 1 aliphatic heterocycles. The third-order valence-electron chi connectivity index (χ3n) is 5.26. The molecule has 2 fully saturated rings. The molecule has 3 nitrogen and oxygen atoms in total. The van der Waals surface area contributed by atoms with Gasteiger partial charge in [-0.3, -0.25) is 9.80 Å². The molecule has 1 heterocycles. The van der Waals surface area contributed by atoms with Crippen molar-refractivity contribution in [3.63, 3.8) is 0 Å². The van der Waals surface area contributed by atoms with Crippen LogP contribution >= 0.6 is 0 Å². The van der Waals surface area contributed by atoms with Crippen LogP contribution in [0.15, 0.2) is 0 Å². The van der Waals surface area contributed by atoms with Gasteiger partial charge in [0.1, 0.15) is 0 Å². The fourth-order valence-corrected chi connectivity index (χ4v) is 3.66. The maximum Gasteiger partial charge on any atom is 0.0277 e. The Morgan fingerprint density at radius 3 is 2.39 bits per heavy atom. The van der Waals surface area contributed by atoms with E-state index in [1.807, 2.05) is 0 Å². The zero-order chi connectivity index (χ0) is 13.2. The molecule has 0 aromatic carbocycles. The first-order valence-corrected chi connectivity index (χ1v) is 7.66.